The third-order valence-electron chi connectivity index (χ3n) is 5.23. The van der Waals surface area contributed by atoms with Gasteiger partial charge in [-0.2, -0.15) is 0 Å². The highest BCUT2D eigenvalue weighted by molar-refractivity contribution is 5.79. The summed E-state index contributed by atoms with van der Waals surface area (Å²) < 4.78 is 0. The number of hydrogen-bond acceptors (Lipinski definition) is 2. The van der Waals surface area contributed by atoms with E-state index in [1.165, 1.54) is 27.8 Å². The number of pyridine rings is 1. The fraction of sp³-hybridized carbons (Fsp3) is 0.125. The third-order valence-corrected chi connectivity index (χ3v) is 5.23. The number of fused-ring (bicyclic) bond motifs is 4. The summed E-state index contributed by atoms with van der Waals surface area (Å²) in [5.74, 6) is 0.396. The van der Waals surface area contributed by atoms with E-state index in [4.69, 9.17) is 0 Å². The normalized spacial score (nSPS) is 14.7. The zero-order valence-electron chi connectivity index (χ0n) is 14.4. The fourth-order valence-corrected chi connectivity index (χ4v) is 3.91. The Kier molecular flexibility index (Phi) is 3.49. The van der Waals surface area contributed by atoms with Gasteiger partial charge in [0, 0.05) is 6.42 Å². The van der Waals surface area contributed by atoms with E-state index in [0.29, 0.717) is 12.2 Å². The Labute approximate surface area is 152 Å². The molecule has 0 bridgehead atoms. The van der Waals surface area contributed by atoms with Gasteiger partial charge in [0.25, 0.3) is 0 Å². The van der Waals surface area contributed by atoms with E-state index >= 15 is 0 Å². The highest BCUT2D eigenvalue weighted by Gasteiger charge is 2.17. The molecule has 0 atom stereocenters. The number of hydrogen-bond donors (Lipinski definition) is 1. The third kappa shape index (κ3) is 2.55. The molecule has 5 rings (SSSR count). The summed E-state index contributed by atoms with van der Waals surface area (Å²) in [5.41, 5.74) is 7.54. The molecule has 0 unspecified atom stereocenters. The van der Waals surface area contributed by atoms with Gasteiger partial charge in [0.15, 0.2) is 0 Å². The molecule has 1 heterocycles. The van der Waals surface area contributed by atoms with Gasteiger partial charge >= 0.3 is 0 Å². The van der Waals surface area contributed by atoms with Crippen molar-refractivity contribution in [2.24, 2.45) is 0 Å². The van der Waals surface area contributed by atoms with Crippen LogP contribution < -0.4 is 10.6 Å². The molecule has 0 radical (unpaired) electrons. The maximum atomic E-state index is 10.1. The Balaban J connectivity index is 1.47. The summed E-state index contributed by atoms with van der Waals surface area (Å²) in [6, 6.07) is 19.3. The molecule has 2 aromatic carbocycles. The predicted molar refractivity (Wildman–Crippen MR) is 107 cm³/mol. The van der Waals surface area contributed by atoms with Gasteiger partial charge in [-0.15, -0.1) is 0 Å². The van der Waals surface area contributed by atoms with E-state index in [-0.39, 0.29) is 0 Å². The maximum absolute atomic E-state index is 10.1. The lowest BCUT2D eigenvalue weighted by Gasteiger charge is -2.05. The molecule has 0 spiro atoms. The van der Waals surface area contributed by atoms with Crippen molar-refractivity contribution in [3.05, 3.63) is 87.5 Å². The van der Waals surface area contributed by atoms with Gasteiger partial charge in [0.2, 0.25) is 0 Å². The van der Waals surface area contributed by atoms with Crippen LogP contribution in [0.3, 0.4) is 0 Å². The minimum absolute atomic E-state index is 0.396. The highest BCUT2D eigenvalue weighted by Crippen LogP contribution is 2.36. The lowest BCUT2D eigenvalue weighted by Crippen LogP contribution is -2.33. The van der Waals surface area contributed by atoms with Gasteiger partial charge in [-0.1, -0.05) is 60.7 Å². The number of aliphatic hydroxyl groups is 1. The molecule has 2 aliphatic rings. The molecule has 0 saturated heterocycles. The van der Waals surface area contributed by atoms with Gasteiger partial charge in [0.1, 0.15) is 11.1 Å². The SMILES string of the molecule is OC1=c2nc(/C=C/c3ccc4c(c3)Cc3ccccc3-4)ccc2=CCC1. The van der Waals surface area contributed by atoms with E-state index in [1.54, 1.807) is 0 Å². The Morgan fingerprint density at radius 3 is 2.73 bits per heavy atom. The average Bonchev–Trinajstić information content (AvgIpc) is 3.04. The Morgan fingerprint density at radius 1 is 0.885 bits per heavy atom. The second-order valence-corrected chi connectivity index (χ2v) is 6.95. The zero-order valence-corrected chi connectivity index (χ0v) is 14.4. The number of nitrogens with zero attached hydrogens (tertiary/aromatic N) is 1. The predicted octanol–water partition coefficient (Wildman–Crippen LogP) is 4.06. The topological polar surface area (TPSA) is 33.1 Å². The molecule has 26 heavy (non-hydrogen) atoms. The summed E-state index contributed by atoms with van der Waals surface area (Å²) >= 11 is 0. The maximum Gasteiger partial charge on any atom is 0.119 e. The van der Waals surface area contributed by atoms with Crippen molar-refractivity contribution in [1.29, 1.82) is 0 Å². The minimum atomic E-state index is 0.396. The van der Waals surface area contributed by atoms with Crippen LogP contribution in [0, 0.1) is 0 Å². The van der Waals surface area contributed by atoms with E-state index < -0.39 is 0 Å². The van der Waals surface area contributed by atoms with Crippen LogP contribution >= 0.6 is 0 Å². The van der Waals surface area contributed by atoms with Crippen LogP contribution in [0.2, 0.25) is 0 Å². The van der Waals surface area contributed by atoms with Crippen molar-refractivity contribution in [3.8, 4) is 11.1 Å². The summed E-state index contributed by atoms with van der Waals surface area (Å²) in [7, 11) is 0. The van der Waals surface area contributed by atoms with Crippen LogP contribution in [0.1, 0.15) is 35.2 Å². The standard InChI is InChI=1S/C24H19NO/c26-23-7-3-5-17-10-12-20(25-24(17)23)11-8-16-9-13-22-19(14-16)15-18-4-1-2-6-21(18)22/h1-2,4-6,8-14,26H,3,7,15H2/b11-8+. The minimum Gasteiger partial charge on any atom is -0.510 e. The van der Waals surface area contributed by atoms with Gasteiger partial charge in [-0.3, -0.25) is 0 Å². The molecule has 0 saturated carbocycles. The van der Waals surface area contributed by atoms with Crippen molar-refractivity contribution in [1.82, 2.24) is 4.98 Å². The molecule has 0 amide bonds. The molecular weight excluding hydrogens is 318 g/mol. The van der Waals surface area contributed by atoms with Crippen molar-refractivity contribution < 1.29 is 5.11 Å². The van der Waals surface area contributed by atoms with Crippen LogP contribution in [0.4, 0.5) is 0 Å². The van der Waals surface area contributed by atoms with E-state index in [9.17, 15) is 5.11 Å². The van der Waals surface area contributed by atoms with Gasteiger partial charge < -0.3 is 5.11 Å². The average molecular weight is 337 g/mol. The van der Waals surface area contributed by atoms with Crippen molar-refractivity contribution >= 4 is 24.0 Å². The first-order valence-corrected chi connectivity index (χ1v) is 9.07. The molecule has 0 aliphatic heterocycles. The number of aromatic nitrogens is 1. The van der Waals surface area contributed by atoms with E-state index in [0.717, 1.165) is 29.1 Å². The quantitative estimate of drug-likeness (QED) is 0.598. The Bertz CT molecular complexity index is 1170. The van der Waals surface area contributed by atoms with Crippen LogP contribution in [-0.4, -0.2) is 10.1 Å². The largest absolute Gasteiger partial charge is 0.510 e. The second-order valence-electron chi connectivity index (χ2n) is 6.95. The number of rotatable bonds is 2. The van der Waals surface area contributed by atoms with Crippen LogP contribution in [0.25, 0.3) is 35.1 Å². The molecule has 2 aliphatic carbocycles. The highest BCUT2D eigenvalue weighted by atomic mass is 16.3. The van der Waals surface area contributed by atoms with Gasteiger partial charge in [-0.05, 0) is 58.0 Å². The monoisotopic (exact) mass is 337 g/mol. The lowest BCUT2D eigenvalue weighted by atomic mass is 10.0. The summed E-state index contributed by atoms with van der Waals surface area (Å²) in [4.78, 5) is 4.61. The molecule has 2 heteroatoms. The molecule has 126 valence electrons. The second kappa shape index (κ2) is 5.99. The van der Waals surface area contributed by atoms with Gasteiger partial charge in [-0.25, -0.2) is 4.98 Å². The van der Waals surface area contributed by atoms with Crippen LogP contribution in [-0.2, 0) is 6.42 Å². The Hall–Kier alpha value is -3.13. The first-order valence-electron chi connectivity index (χ1n) is 9.07. The summed E-state index contributed by atoms with van der Waals surface area (Å²) in [6.07, 6.45) is 8.82. The van der Waals surface area contributed by atoms with E-state index in [2.05, 4.69) is 59.6 Å². The fourth-order valence-electron chi connectivity index (χ4n) is 3.91. The van der Waals surface area contributed by atoms with E-state index in [1.807, 2.05) is 18.2 Å². The molecule has 1 aromatic heterocycles. The van der Waals surface area contributed by atoms with Gasteiger partial charge in [0.05, 0.1) is 5.69 Å². The number of benzene rings is 2. The first kappa shape index (κ1) is 15.2. The first-order chi connectivity index (χ1) is 12.8. The molecule has 0 fully saturated rings. The zero-order chi connectivity index (χ0) is 17.5. The Morgan fingerprint density at radius 2 is 1.77 bits per heavy atom. The molecule has 1 N–H and O–H groups in total. The molecular formula is C24H19NO. The van der Waals surface area contributed by atoms with Crippen LogP contribution in [0.15, 0.2) is 54.6 Å². The molecule has 2 nitrogen and oxygen atoms in total. The smallest absolute Gasteiger partial charge is 0.119 e. The van der Waals surface area contributed by atoms with Crippen molar-refractivity contribution in [2.45, 2.75) is 19.3 Å². The number of aliphatic hydroxyl groups excluding tert-OH is 1. The summed E-state index contributed by atoms with van der Waals surface area (Å²) in [6.45, 7) is 0. The molecule has 3 aromatic rings. The van der Waals surface area contributed by atoms with Crippen LogP contribution in [0.5, 0.6) is 0 Å². The van der Waals surface area contributed by atoms with Crippen molar-refractivity contribution in [2.75, 3.05) is 0 Å². The summed E-state index contributed by atoms with van der Waals surface area (Å²) in [5, 5.41) is 11.8. The lowest BCUT2D eigenvalue weighted by molar-refractivity contribution is 0.475. The van der Waals surface area contributed by atoms with Crippen molar-refractivity contribution in [3.63, 3.8) is 0 Å².